The number of carbonyl (C=O) groups excluding carboxylic acids is 1. The van der Waals surface area contributed by atoms with Crippen LogP contribution in [0, 0.1) is 17.3 Å². The first-order valence-electron chi connectivity index (χ1n) is 5.86. The number of amides is 1. The molecule has 0 heterocycles. The van der Waals surface area contributed by atoms with Gasteiger partial charge < -0.3 is 11.1 Å². The van der Waals surface area contributed by atoms with Crippen LogP contribution in [0.3, 0.4) is 0 Å². The fraction of sp³-hybridized carbons (Fsp3) is 0.917. The quantitative estimate of drug-likeness (QED) is 0.726. The van der Waals surface area contributed by atoms with Crippen LogP contribution in [0.5, 0.6) is 0 Å². The van der Waals surface area contributed by atoms with Gasteiger partial charge in [0, 0.05) is 18.5 Å². The van der Waals surface area contributed by atoms with E-state index in [1.807, 2.05) is 0 Å². The minimum absolute atomic E-state index is 0.0933. The van der Waals surface area contributed by atoms with Crippen molar-refractivity contribution in [2.24, 2.45) is 23.0 Å². The lowest BCUT2D eigenvalue weighted by atomic mass is 10.0. The minimum atomic E-state index is 0.0933. The van der Waals surface area contributed by atoms with Gasteiger partial charge in [0.05, 0.1) is 0 Å². The van der Waals surface area contributed by atoms with Gasteiger partial charge in [0.25, 0.3) is 0 Å². The lowest BCUT2D eigenvalue weighted by Crippen LogP contribution is -2.39. The van der Waals surface area contributed by atoms with E-state index in [-0.39, 0.29) is 23.3 Å². The van der Waals surface area contributed by atoms with E-state index in [1.165, 1.54) is 0 Å². The summed E-state index contributed by atoms with van der Waals surface area (Å²) in [5.41, 5.74) is 6.11. The number of hydrogen-bond acceptors (Lipinski definition) is 2. The highest BCUT2D eigenvalue weighted by molar-refractivity contribution is 5.82. The molecule has 0 aromatic rings. The zero-order chi connectivity index (χ0) is 11.6. The van der Waals surface area contributed by atoms with Gasteiger partial charge in [0.2, 0.25) is 5.91 Å². The SMILES string of the molecule is CC(C)CC(N)CNC(=O)C1CC1(C)C. The molecule has 2 atom stereocenters. The Labute approximate surface area is 92.8 Å². The molecule has 3 heteroatoms. The Morgan fingerprint density at radius 2 is 2.07 bits per heavy atom. The minimum Gasteiger partial charge on any atom is -0.354 e. The zero-order valence-corrected chi connectivity index (χ0v) is 10.3. The Kier molecular flexibility index (Phi) is 3.77. The topological polar surface area (TPSA) is 55.1 Å². The van der Waals surface area contributed by atoms with Gasteiger partial charge in [0.1, 0.15) is 0 Å². The van der Waals surface area contributed by atoms with Crippen LogP contribution in [0.25, 0.3) is 0 Å². The molecule has 1 rings (SSSR count). The first-order chi connectivity index (χ1) is 6.83. The van der Waals surface area contributed by atoms with Crippen molar-refractivity contribution in [1.29, 1.82) is 0 Å². The summed E-state index contributed by atoms with van der Waals surface area (Å²) < 4.78 is 0. The van der Waals surface area contributed by atoms with Crippen molar-refractivity contribution in [3.63, 3.8) is 0 Å². The summed E-state index contributed by atoms with van der Waals surface area (Å²) in [7, 11) is 0. The second-order valence-electron chi connectivity index (χ2n) is 5.88. The molecular weight excluding hydrogens is 188 g/mol. The molecule has 1 saturated carbocycles. The highest BCUT2D eigenvalue weighted by Gasteiger charge is 2.50. The molecule has 0 saturated heterocycles. The molecule has 3 N–H and O–H groups in total. The number of nitrogens with two attached hydrogens (primary N) is 1. The molecule has 3 nitrogen and oxygen atoms in total. The molecule has 0 spiro atoms. The summed E-state index contributed by atoms with van der Waals surface area (Å²) in [5.74, 6) is 0.984. The maximum atomic E-state index is 11.6. The van der Waals surface area contributed by atoms with Gasteiger partial charge in [-0.25, -0.2) is 0 Å². The third-order valence-corrected chi connectivity index (χ3v) is 3.14. The second-order valence-corrected chi connectivity index (χ2v) is 5.88. The first kappa shape index (κ1) is 12.5. The lowest BCUT2D eigenvalue weighted by Gasteiger charge is -2.15. The van der Waals surface area contributed by atoms with E-state index in [0.717, 1.165) is 12.8 Å². The average Bonchev–Trinajstić information content (AvgIpc) is 2.70. The van der Waals surface area contributed by atoms with Crippen molar-refractivity contribution < 1.29 is 4.79 Å². The standard InChI is InChI=1S/C12H24N2O/c1-8(2)5-9(13)7-14-11(15)10-6-12(10,3)4/h8-10H,5-7,13H2,1-4H3,(H,14,15). The van der Waals surface area contributed by atoms with E-state index in [4.69, 9.17) is 5.73 Å². The van der Waals surface area contributed by atoms with Crippen LogP contribution in [-0.4, -0.2) is 18.5 Å². The van der Waals surface area contributed by atoms with Crippen LogP contribution in [0.15, 0.2) is 0 Å². The number of carbonyl (C=O) groups is 1. The fourth-order valence-corrected chi connectivity index (χ4v) is 1.96. The van der Waals surface area contributed by atoms with Crippen LogP contribution in [0.1, 0.15) is 40.5 Å². The van der Waals surface area contributed by atoms with Crippen molar-refractivity contribution in [2.45, 2.75) is 46.6 Å². The number of hydrogen-bond donors (Lipinski definition) is 2. The van der Waals surface area contributed by atoms with E-state index in [0.29, 0.717) is 12.5 Å². The van der Waals surface area contributed by atoms with Crippen LogP contribution < -0.4 is 11.1 Å². The van der Waals surface area contributed by atoms with E-state index in [9.17, 15) is 4.79 Å². The van der Waals surface area contributed by atoms with E-state index >= 15 is 0 Å². The van der Waals surface area contributed by atoms with Crippen molar-refractivity contribution >= 4 is 5.91 Å². The summed E-state index contributed by atoms with van der Waals surface area (Å²) in [4.78, 5) is 11.6. The summed E-state index contributed by atoms with van der Waals surface area (Å²) >= 11 is 0. The number of nitrogens with one attached hydrogen (secondary N) is 1. The fourth-order valence-electron chi connectivity index (χ4n) is 1.96. The summed E-state index contributed by atoms with van der Waals surface area (Å²) in [6.07, 6.45) is 1.98. The Hall–Kier alpha value is -0.570. The maximum Gasteiger partial charge on any atom is 0.223 e. The first-order valence-corrected chi connectivity index (χ1v) is 5.86. The summed E-state index contributed by atoms with van der Waals surface area (Å²) in [6.45, 7) is 9.16. The number of rotatable bonds is 5. The molecule has 0 aliphatic heterocycles. The van der Waals surface area contributed by atoms with Crippen LogP contribution in [-0.2, 0) is 4.79 Å². The molecule has 88 valence electrons. The highest BCUT2D eigenvalue weighted by Crippen LogP contribution is 2.51. The summed E-state index contributed by atoms with van der Waals surface area (Å²) in [6, 6.07) is 0.0933. The largest absolute Gasteiger partial charge is 0.354 e. The zero-order valence-electron chi connectivity index (χ0n) is 10.3. The molecule has 1 aliphatic rings. The van der Waals surface area contributed by atoms with Gasteiger partial charge in [0.15, 0.2) is 0 Å². The van der Waals surface area contributed by atoms with Gasteiger partial charge in [-0.2, -0.15) is 0 Å². The Morgan fingerprint density at radius 1 is 1.53 bits per heavy atom. The molecule has 1 fully saturated rings. The van der Waals surface area contributed by atoms with E-state index in [2.05, 4.69) is 33.0 Å². The highest BCUT2D eigenvalue weighted by atomic mass is 16.2. The smallest absolute Gasteiger partial charge is 0.223 e. The normalized spacial score (nSPS) is 25.1. The van der Waals surface area contributed by atoms with Crippen molar-refractivity contribution in [1.82, 2.24) is 5.32 Å². The average molecular weight is 212 g/mol. The van der Waals surface area contributed by atoms with Crippen molar-refractivity contribution in [2.75, 3.05) is 6.54 Å². The molecule has 1 aliphatic carbocycles. The van der Waals surface area contributed by atoms with Gasteiger partial charge >= 0.3 is 0 Å². The maximum absolute atomic E-state index is 11.6. The molecule has 0 bridgehead atoms. The van der Waals surface area contributed by atoms with Gasteiger partial charge in [-0.1, -0.05) is 27.7 Å². The molecule has 0 radical (unpaired) electrons. The molecule has 15 heavy (non-hydrogen) atoms. The predicted molar refractivity (Wildman–Crippen MR) is 62.3 cm³/mol. The van der Waals surface area contributed by atoms with Gasteiger partial charge in [-0.15, -0.1) is 0 Å². The van der Waals surface area contributed by atoms with Crippen molar-refractivity contribution in [3.05, 3.63) is 0 Å². The van der Waals surface area contributed by atoms with Crippen LogP contribution >= 0.6 is 0 Å². The molecule has 2 unspecified atom stereocenters. The Morgan fingerprint density at radius 3 is 2.47 bits per heavy atom. The molecule has 1 amide bonds. The van der Waals surface area contributed by atoms with E-state index in [1.54, 1.807) is 0 Å². The van der Waals surface area contributed by atoms with E-state index < -0.39 is 0 Å². The molecule has 0 aromatic carbocycles. The third-order valence-electron chi connectivity index (χ3n) is 3.14. The summed E-state index contributed by atoms with van der Waals surface area (Å²) in [5, 5.41) is 2.94. The van der Waals surface area contributed by atoms with Gasteiger partial charge in [-0.3, -0.25) is 4.79 Å². The Balaban J connectivity index is 2.18. The van der Waals surface area contributed by atoms with Crippen LogP contribution in [0.4, 0.5) is 0 Å². The molecule has 0 aromatic heterocycles. The Bertz CT molecular complexity index is 236. The second kappa shape index (κ2) is 4.52. The monoisotopic (exact) mass is 212 g/mol. The van der Waals surface area contributed by atoms with Crippen molar-refractivity contribution in [3.8, 4) is 0 Å². The van der Waals surface area contributed by atoms with Crippen LogP contribution in [0.2, 0.25) is 0 Å². The predicted octanol–water partition coefficient (Wildman–Crippen LogP) is 1.52. The lowest BCUT2D eigenvalue weighted by molar-refractivity contribution is -0.123. The molecular formula is C12H24N2O. The third kappa shape index (κ3) is 3.82. The van der Waals surface area contributed by atoms with Gasteiger partial charge in [-0.05, 0) is 24.2 Å².